The lowest BCUT2D eigenvalue weighted by atomic mass is 9.58. The van der Waals surface area contributed by atoms with Crippen LogP contribution >= 0.6 is 0 Å². The molecule has 0 spiro atoms. The first-order chi connectivity index (χ1) is 16.4. The van der Waals surface area contributed by atoms with Crippen molar-refractivity contribution in [2.45, 2.75) is 90.6 Å². The van der Waals surface area contributed by atoms with Crippen molar-refractivity contribution in [3.63, 3.8) is 0 Å². The third kappa shape index (κ3) is 5.16. The van der Waals surface area contributed by atoms with Gasteiger partial charge < -0.3 is 15.2 Å². The molecule has 2 saturated carbocycles. The first-order valence-electron chi connectivity index (χ1n) is 12.7. The van der Waals surface area contributed by atoms with Crippen molar-refractivity contribution < 1.29 is 27.8 Å². The maximum Gasteiger partial charge on any atom is 0.420 e. The zero-order chi connectivity index (χ0) is 25.5. The predicted molar refractivity (Wildman–Crippen MR) is 130 cm³/mol. The summed E-state index contributed by atoms with van der Waals surface area (Å²) < 4.78 is 49.0. The summed E-state index contributed by atoms with van der Waals surface area (Å²) >= 11 is 0. The summed E-state index contributed by atoms with van der Waals surface area (Å²) in [6, 6.07) is 8.08. The van der Waals surface area contributed by atoms with Gasteiger partial charge in [0, 0.05) is 12.1 Å². The second-order valence-electron chi connectivity index (χ2n) is 11.0. The van der Waals surface area contributed by atoms with Gasteiger partial charge in [0.2, 0.25) is 0 Å². The highest BCUT2D eigenvalue weighted by Crippen LogP contribution is 2.47. The molecular formula is C28H36F3NO3. The van der Waals surface area contributed by atoms with E-state index in [2.05, 4.69) is 12.2 Å². The molecule has 2 fully saturated rings. The number of ether oxygens (including phenoxy) is 1. The van der Waals surface area contributed by atoms with Crippen LogP contribution in [0.25, 0.3) is 10.8 Å². The number of rotatable bonds is 7. The Morgan fingerprint density at radius 3 is 2.40 bits per heavy atom. The van der Waals surface area contributed by atoms with Crippen molar-refractivity contribution in [2.24, 2.45) is 17.3 Å². The van der Waals surface area contributed by atoms with Crippen molar-refractivity contribution >= 4 is 16.7 Å². The Morgan fingerprint density at radius 2 is 1.83 bits per heavy atom. The second-order valence-corrected chi connectivity index (χ2v) is 11.0. The number of carboxylic acids is 1. The third-order valence-electron chi connectivity index (χ3n) is 8.47. The molecule has 4 nitrogen and oxygen atoms in total. The Labute approximate surface area is 205 Å². The highest BCUT2D eigenvalue weighted by Gasteiger charge is 2.52. The highest BCUT2D eigenvalue weighted by molar-refractivity contribution is 5.89. The summed E-state index contributed by atoms with van der Waals surface area (Å²) in [4.78, 5) is 11.4. The van der Waals surface area contributed by atoms with Crippen LogP contribution in [-0.4, -0.2) is 23.2 Å². The molecule has 2 aliphatic rings. The molecule has 0 heterocycles. The number of halogens is 3. The van der Waals surface area contributed by atoms with E-state index in [0.29, 0.717) is 17.7 Å². The van der Waals surface area contributed by atoms with E-state index in [1.54, 1.807) is 18.2 Å². The summed E-state index contributed by atoms with van der Waals surface area (Å²) in [7, 11) is 0. The minimum atomic E-state index is -4.55. The largest absolute Gasteiger partial charge is 0.490 e. The molecule has 35 heavy (non-hydrogen) atoms. The maximum atomic E-state index is 14.3. The topological polar surface area (TPSA) is 58.6 Å². The first kappa shape index (κ1) is 25.8. The maximum absolute atomic E-state index is 14.3. The van der Waals surface area contributed by atoms with Gasteiger partial charge in [0.1, 0.15) is 11.3 Å². The van der Waals surface area contributed by atoms with Crippen LogP contribution in [-0.2, 0) is 11.0 Å². The molecule has 2 aliphatic carbocycles. The molecule has 4 rings (SSSR count). The van der Waals surface area contributed by atoms with Gasteiger partial charge in [-0.3, -0.25) is 4.79 Å². The van der Waals surface area contributed by atoms with Crippen LogP contribution in [0.5, 0.6) is 5.75 Å². The van der Waals surface area contributed by atoms with E-state index in [4.69, 9.17) is 4.74 Å². The van der Waals surface area contributed by atoms with E-state index in [1.807, 2.05) is 26.8 Å². The number of benzene rings is 2. The number of aliphatic carboxylic acids is 1. The molecule has 2 aromatic carbocycles. The zero-order valence-electron chi connectivity index (χ0n) is 20.9. The molecule has 0 aliphatic heterocycles. The number of alkyl halides is 3. The summed E-state index contributed by atoms with van der Waals surface area (Å²) in [5, 5.41) is 13.5. The average Bonchev–Trinajstić information content (AvgIpc) is 2.80. The van der Waals surface area contributed by atoms with E-state index >= 15 is 0 Å². The standard InChI is InChI=1S/C28H36F3NO3/c1-5-17-6-11-20(12-7-17)35-23-13-10-18-8-9-19(14-21(18)25(23)28(29,30)31)16(2)32-24-15-22(26(33)34)27(24,3)4/h8-10,13-14,16-17,20,22,24,32H,5-7,11-12,15H2,1-4H3,(H,33,34)/t16?,17-,20+,22-,24+/m1/s1. The molecule has 192 valence electrons. The van der Waals surface area contributed by atoms with E-state index in [-0.39, 0.29) is 29.3 Å². The fourth-order valence-electron chi connectivity index (χ4n) is 5.84. The molecule has 0 amide bonds. The molecule has 2 N–H and O–H groups in total. The van der Waals surface area contributed by atoms with Crippen molar-refractivity contribution in [2.75, 3.05) is 0 Å². The molecule has 0 saturated heterocycles. The van der Waals surface area contributed by atoms with Crippen molar-refractivity contribution in [3.05, 3.63) is 41.5 Å². The van der Waals surface area contributed by atoms with Gasteiger partial charge in [-0.05, 0) is 78.8 Å². The lowest BCUT2D eigenvalue weighted by Gasteiger charge is -2.51. The third-order valence-corrected chi connectivity index (χ3v) is 8.47. The number of hydrogen-bond acceptors (Lipinski definition) is 3. The number of carbonyl (C=O) groups is 1. The van der Waals surface area contributed by atoms with Gasteiger partial charge in [0.05, 0.1) is 12.0 Å². The SMILES string of the molecule is CC[C@H]1CC[C@@H](Oc2ccc3ccc(C(C)N[C@H]4C[C@H](C(=O)O)C4(C)C)cc3c2C(F)(F)F)CC1. The normalized spacial score (nSPS) is 27.3. The van der Waals surface area contributed by atoms with Gasteiger partial charge in [-0.2, -0.15) is 13.2 Å². The van der Waals surface area contributed by atoms with Crippen LogP contribution in [0.1, 0.15) is 83.4 Å². The van der Waals surface area contributed by atoms with E-state index in [0.717, 1.165) is 37.7 Å². The second kappa shape index (κ2) is 9.64. The highest BCUT2D eigenvalue weighted by atomic mass is 19.4. The minimum Gasteiger partial charge on any atom is -0.490 e. The van der Waals surface area contributed by atoms with Gasteiger partial charge in [-0.25, -0.2) is 0 Å². The van der Waals surface area contributed by atoms with Gasteiger partial charge in [-0.1, -0.05) is 45.4 Å². The Morgan fingerprint density at radius 1 is 1.17 bits per heavy atom. The fraction of sp³-hybridized carbons (Fsp3) is 0.607. The lowest BCUT2D eigenvalue weighted by molar-refractivity contribution is -0.155. The van der Waals surface area contributed by atoms with Crippen molar-refractivity contribution in [1.29, 1.82) is 0 Å². The van der Waals surface area contributed by atoms with Crippen LogP contribution in [0.3, 0.4) is 0 Å². The molecule has 0 aromatic heterocycles. The van der Waals surface area contributed by atoms with Crippen LogP contribution in [0.4, 0.5) is 13.2 Å². The zero-order valence-corrected chi connectivity index (χ0v) is 20.9. The number of nitrogens with one attached hydrogen (secondary N) is 1. The molecule has 7 heteroatoms. The molecule has 1 unspecified atom stereocenters. The van der Waals surface area contributed by atoms with E-state index in [9.17, 15) is 23.1 Å². The number of fused-ring (bicyclic) bond motifs is 1. The number of carboxylic acid groups (broad SMARTS) is 1. The summed E-state index contributed by atoms with van der Waals surface area (Å²) in [6.07, 6.45) is 0.408. The van der Waals surface area contributed by atoms with Gasteiger partial charge in [0.25, 0.3) is 0 Å². The van der Waals surface area contributed by atoms with Crippen molar-refractivity contribution in [3.8, 4) is 5.75 Å². The first-order valence-corrected chi connectivity index (χ1v) is 12.7. The molecule has 0 bridgehead atoms. The van der Waals surface area contributed by atoms with Gasteiger partial charge in [0.15, 0.2) is 0 Å². The summed E-state index contributed by atoms with van der Waals surface area (Å²) in [6.45, 7) is 7.89. The average molecular weight is 492 g/mol. The van der Waals surface area contributed by atoms with Gasteiger partial charge >= 0.3 is 12.1 Å². The van der Waals surface area contributed by atoms with Crippen LogP contribution in [0.2, 0.25) is 0 Å². The van der Waals surface area contributed by atoms with E-state index in [1.165, 1.54) is 6.07 Å². The molecule has 0 radical (unpaired) electrons. The molecule has 2 aromatic rings. The van der Waals surface area contributed by atoms with E-state index < -0.39 is 29.0 Å². The fourth-order valence-corrected chi connectivity index (χ4v) is 5.84. The monoisotopic (exact) mass is 491 g/mol. The number of hydrogen-bond donors (Lipinski definition) is 2. The Kier molecular flexibility index (Phi) is 7.11. The minimum absolute atomic E-state index is 0.0238. The van der Waals surface area contributed by atoms with Crippen LogP contribution in [0.15, 0.2) is 30.3 Å². The lowest BCUT2D eigenvalue weighted by Crippen LogP contribution is -2.59. The van der Waals surface area contributed by atoms with Crippen LogP contribution < -0.4 is 10.1 Å². The Bertz CT molecular complexity index is 1070. The smallest absolute Gasteiger partial charge is 0.420 e. The Hall–Kier alpha value is -2.28. The summed E-state index contributed by atoms with van der Waals surface area (Å²) in [5.74, 6) is -0.687. The van der Waals surface area contributed by atoms with Gasteiger partial charge in [-0.15, -0.1) is 0 Å². The molecular weight excluding hydrogens is 455 g/mol. The van der Waals surface area contributed by atoms with Crippen molar-refractivity contribution in [1.82, 2.24) is 5.32 Å². The molecule has 3 atom stereocenters. The summed E-state index contributed by atoms with van der Waals surface area (Å²) in [5.41, 5.74) is -0.402. The Balaban J connectivity index is 1.60. The quantitative estimate of drug-likeness (QED) is 0.425. The van der Waals surface area contributed by atoms with Crippen LogP contribution in [0, 0.1) is 17.3 Å². The predicted octanol–water partition coefficient (Wildman–Crippen LogP) is 7.36.